The van der Waals surface area contributed by atoms with E-state index < -0.39 is 16.0 Å². The van der Waals surface area contributed by atoms with E-state index in [1.54, 1.807) is 0 Å². The third-order valence-corrected chi connectivity index (χ3v) is 5.24. The van der Waals surface area contributed by atoms with E-state index in [0.717, 1.165) is 18.9 Å². The van der Waals surface area contributed by atoms with Gasteiger partial charge in [0.2, 0.25) is 10.0 Å². The Bertz CT molecular complexity index is 655. The van der Waals surface area contributed by atoms with Gasteiger partial charge in [-0.1, -0.05) is 6.92 Å². The molecule has 1 unspecified atom stereocenters. The molecule has 114 valence electrons. The molecule has 1 aromatic rings. The van der Waals surface area contributed by atoms with Gasteiger partial charge in [0.05, 0.1) is 0 Å². The molecule has 1 aromatic heterocycles. The highest BCUT2D eigenvalue weighted by Crippen LogP contribution is 2.23. The van der Waals surface area contributed by atoms with E-state index in [9.17, 15) is 13.2 Å². The van der Waals surface area contributed by atoms with Crippen molar-refractivity contribution in [3.05, 3.63) is 30.1 Å². The summed E-state index contributed by atoms with van der Waals surface area (Å²) in [6, 6.07) is 1.45. The van der Waals surface area contributed by atoms with Gasteiger partial charge in [-0.05, 0) is 36.5 Å². The van der Waals surface area contributed by atoms with Crippen LogP contribution in [0.15, 0.2) is 29.4 Å². The average Bonchev–Trinajstić information content (AvgIpc) is 2.45. The van der Waals surface area contributed by atoms with Crippen molar-refractivity contribution in [1.29, 1.82) is 0 Å². The van der Waals surface area contributed by atoms with Crippen molar-refractivity contribution in [1.82, 2.24) is 9.29 Å². The van der Waals surface area contributed by atoms with Gasteiger partial charge in [-0.15, -0.1) is 0 Å². The summed E-state index contributed by atoms with van der Waals surface area (Å²) in [7, 11) is -3.57. The zero-order chi connectivity index (χ0) is 15.5. The highest BCUT2D eigenvalue weighted by atomic mass is 32.2. The average molecular weight is 310 g/mol. The molecule has 1 fully saturated rings. The fourth-order valence-electron chi connectivity index (χ4n) is 2.35. The molecule has 1 saturated heterocycles. The summed E-state index contributed by atoms with van der Waals surface area (Å²) in [5, 5.41) is 8.60. The number of piperidine rings is 1. The topological polar surface area (TPSA) is 87.6 Å². The predicted octanol–water partition coefficient (Wildman–Crippen LogP) is 1.60. The quantitative estimate of drug-likeness (QED) is 0.853. The predicted molar refractivity (Wildman–Crippen MR) is 78.1 cm³/mol. The zero-order valence-corrected chi connectivity index (χ0v) is 12.6. The summed E-state index contributed by atoms with van der Waals surface area (Å²) < 4.78 is 26.6. The van der Waals surface area contributed by atoms with Crippen LogP contribution in [-0.2, 0) is 14.8 Å². The van der Waals surface area contributed by atoms with Gasteiger partial charge in [-0.2, -0.15) is 4.31 Å². The maximum Gasteiger partial charge on any atom is 0.328 e. The Kier molecular flexibility index (Phi) is 4.74. The van der Waals surface area contributed by atoms with Gasteiger partial charge in [-0.3, -0.25) is 4.98 Å². The molecule has 1 aliphatic rings. The maximum absolute atomic E-state index is 12.6. The molecule has 21 heavy (non-hydrogen) atoms. The highest BCUT2D eigenvalue weighted by Gasteiger charge is 2.28. The van der Waals surface area contributed by atoms with Crippen LogP contribution in [-0.4, -0.2) is 41.9 Å². The maximum atomic E-state index is 12.6. The first-order valence-corrected chi connectivity index (χ1v) is 8.20. The van der Waals surface area contributed by atoms with Gasteiger partial charge >= 0.3 is 5.97 Å². The fourth-order valence-corrected chi connectivity index (χ4v) is 3.95. The number of hydrogen-bond donors (Lipinski definition) is 1. The second kappa shape index (κ2) is 6.36. The van der Waals surface area contributed by atoms with Crippen molar-refractivity contribution in [2.75, 3.05) is 13.1 Å². The molecule has 1 aliphatic heterocycles. The van der Waals surface area contributed by atoms with E-state index in [-0.39, 0.29) is 4.90 Å². The number of aromatic nitrogens is 1. The standard InChI is InChI=1S/C14H18N2O4S/c1-11-3-2-6-16(10-11)21(19,20)13-7-12(8-15-9-13)4-5-14(17)18/h4-5,7-9,11H,2-3,6,10H2,1H3,(H,17,18). The molecule has 0 radical (unpaired) electrons. The molecule has 6 nitrogen and oxygen atoms in total. The minimum Gasteiger partial charge on any atom is -0.478 e. The van der Waals surface area contributed by atoms with Crippen LogP contribution in [0.3, 0.4) is 0 Å². The van der Waals surface area contributed by atoms with Crippen LogP contribution < -0.4 is 0 Å². The van der Waals surface area contributed by atoms with Crippen molar-refractivity contribution in [3.63, 3.8) is 0 Å². The molecule has 1 N–H and O–H groups in total. The smallest absolute Gasteiger partial charge is 0.328 e. The van der Waals surface area contributed by atoms with E-state index in [4.69, 9.17) is 5.11 Å². The van der Waals surface area contributed by atoms with Crippen LogP contribution in [0, 0.1) is 5.92 Å². The van der Waals surface area contributed by atoms with Crippen molar-refractivity contribution in [2.45, 2.75) is 24.7 Å². The van der Waals surface area contributed by atoms with Crippen LogP contribution in [0.5, 0.6) is 0 Å². The molecule has 0 aromatic carbocycles. The number of pyridine rings is 1. The molecule has 0 bridgehead atoms. The van der Waals surface area contributed by atoms with Crippen LogP contribution in [0.4, 0.5) is 0 Å². The van der Waals surface area contributed by atoms with Crippen LogP contribution in [0.25, 0.3) is 6.08 Å². The molecule has 2 heterocycles. The third-order valence-electron chi connectivity index (χ3n) is 3.41. The van der Waals surface area contributed by atoms with Crippen molar-refractivity contribution >= 4 is 22.1 Å². The van der Waals surface area contributed by atoms with E-state index in [1.165, 1.54) is 28.8 Å². The molecule has 0 aliphatic carbocycles. The van der Waals surface area contributed by atoms with Crippen LogP contribution >= 0.6 is 0 Å². The van der Waals surface area contributed by atoms with E-state index in [0.29, 0.717) is 24.6 Å². The van der Waals surface area contributed by atoms with E-state index in [2.05, 4.69) is 4.98 Å². The normalized spacial score (nSPS) is 20.7. The summed E-state index contributed by atoms with van der Waals surface area (Å²) in [4.78, 5) is 14.5. The zero-order valence-electron chi connectivity index (χ0n) is 11.8. The Labute approximate surface area is 124 Å². The van der Waals surface area contributed by atoms with Gasteiger partial charge in [-0.25, -0.2) is 13.2 Å². The number of rotatable bonds is 4. The number of carboxylic acid groups (broad SMARTS) is 1. The third kappa shape index (κ3) is 3.89. The van der Waals surface area contributed by atoms with Crippen LogP contribution in [0.1, 0.15) is 25.3 Å². The molecular weight excluding hydrogens is 292 g/mol. The van der Waals surface area contributed by atoms with E-state index in [1.807, 2.05) is 6.92 Å². The Morgan fingerprint density at radius 2 is 2.24 bits per heavy atom. The minimum absolute atomic E-state index is 0.101. The van der Waals surface area contributed by atoms with Gasteiger partial charge in [0.1, 0.15) is 4.90 Å². The molecule has 1 atom stereocenters. The molecule has 0 saturated carbocycles. The lowest BCUT2D eigenvalue weighted by atomic mass is 10.0. The summed E-state index contributed by atoms with van der Waals surface area (Å²) in [6.07, 6.45) is 6.89. The minimum atomic E-state index is -3.57. The Balaban J connectivity index is 2.27. The number of nitrogens with zero attached hydrogens (tertiary/aromatic N) is 2. The van der Waals surface area contributed by atoms with Gasteiger partial charge in [0, 0.05) is 31.6 Å². The fraction of sp³-hybridized carbons (Fsp3) is 0.429. The molecule has 0 spiro atoms. The molecule has 7 heteroatoms. The number of carbonyl (C=O) groups is 1. The molecular formula is C14H18N2O4S. The van der Waals surface area contributed by atoms with Crippen molar-refractivity contribution in [2.24, 2.45) is 5.92 Å². The Morgan fingerprint density at radius 1 is 1.48 bits per heavy atom. The summed E-state index contributed by atoms with van der Waals surface area (Å²) >= 11 is 0. The number of hydrogen-bond acceptors (Lipinski definition) is 4. The first kappa shape index (κ1) is 15.7. The second-order valence-electron chi connectivity index (χ2n) is 5.24. The first-order chi connectivity index (χ1) is 9.89. The Hall–Kier alpha value is -1.73. The van der Waals surface area contributed by atoms with Gasteiger partial charge < -0.3 is 5.11 Å². The number of aliphatic carboxylic acids is 1. The largest absolute Gasteiger partial charge is 0.478 e. The molecule has 0 amide bonds. The summed E-state index contributed by atoms with van der Waals surface area (Å²) in [5.74, 6) is -0.746. The lowest BCUT2D eigenvalue weighted by Crippen LogP contribution is -2.39. The summed E-state index contributed by atoms with van der Waals surface area (Å²) in [6.45, 7) is 3.06. The van der Waals surface area contributed by atoms with Gasteiger partial charge in [0.25, 0.3) is 0 Å². The molecule has 2 rings (SSSR count). The lowest BCUT2D eigenvalue weighted by molar-refractivity contribution is -0.131. The number of sulfonamides is 1. The summed E-state index contributed by atoms with van der Waals surface area (Å²) in [5.41, 5.74) is 0.448. The van der Waals surface area contributed by atoms with Crippen molar-refractivity contribution < 1.29 is 18.3 Å². The van der Waals surface area contributed by atoms with E-state index >= 15 is 0 Å². The van der Waals surface area contributed by atoms with Crippen LogP contribution in [0.2, 0.25) is 0 Å². The van der Waals surface area contributed by atoms with Crippen molar-refractivity contribution in [3.8, 4) is 0 Å². The van der Waals surface area contributed by atoms with Gasteiger partial charge in [0.15, 0.2) is 0 Å². The second-order valence-corrected chi connectivity index (χ2v) is 7.17. The Morgan fingerprint density at radius 3 is 2.90 bits per heavy atom. The number of carboxylic acids is 1. The monoisotopic (exact) mass is 310 g/mol. The first-order valence-electron chi connectivity index (χ1n) is 6.76. The highest BCUT2D eigenvalue weighted by molar-refractivity contribution is 7.89. The SMILES string of the molecule is CC1CCCN(S(=O)(=O)c2cncc(C=CC(=O)O)c2)C1. The lowest BCUT2D eigenvalue weighted by Gasteiger charge is -2.29.